The maximum absolute atomic E-state index is 11.8. The van der Waals surface area contributed by atoms with Crippen LogP contribution in [0.1, 0.15) is 5.56 Å². The van der Waals surface area contributed by atoms with E-state index in [1.165, 1.54) is 17.2 Å². The highest BCUT2D eigenvalue weighted by Crippen LogP contribution is 2.39. The number of rotatable bonds is 4. The van der Waals surface area contributed by atoms with Crippen LogP contribution >= 0.6 is 23.2 Å². The molecular weight excluding hydrogens is 377 g/mol. The number of hydrogen-bond acceptors (Lipinski definition) is 4. The number of carbonyl (C=O) groups is 2. The highest BCUT2D eigenvalue weighted by atomic mass is 35.5. The topological polar surface area (TPSA) is 101 Å². The molecule has 0 unspecified atom stereocenters. The molecule has 7 nitrogen and oxygen atoms in total. The first-order valence-electron chi connectivity index (χ1n) is 7.43. The molecule has 2 heterocycles. The number of hydrogen-bond donors (Lipinski definition) is 2. The number of benzene rings is 1. The van der Waals surface area contributed by atoms with E-state index in [2.05, 4.69) is 15.3 Å². The maximum Gasteiger partial charge on any atom is 0.316 e. The van der Waals surface area contributed by atoms with Crippen LogP contribution in [0.4, 0.5) is 21.9 Å². The number of para-hydroxylation sites is 1. The Morgan fingerprint density at radius 3 is 2.69 bits per heavy atom. The molecule has 0 fully saturated rings. The van der Waals surface area contributed by atoms with E-state index in [0.717, 1.165) is 5.56 Å². The second-order valence-corrected chi connectivity index (χ2v) is 6.15. The van der Waals surface area contributed by atoms with Gasteiger partial charge in [-0.05, 0) is 24.6 Å². The van der Waals surface area contributed by atoms with Crippen LogP contribution in [0.15, 0.2) is 36.7 Å². The van der Waals surface area contributed by atoms with Gasteiger partial charge in [0.2, 0.25) is 6.41 Å². The number of urea groups is 1. The van der Waals surface area contributed by atoms with Crippen LogP contribution in [0.25, 0.3) is 10.9 Å². The summed E-state index contributed by atoms with van der Waals surface area (Å²) in [4.78, 5) is 32.8. The molecule has 9 heteroatoms. The van der Waals surface area contributed by atoms with Crippen molar-refractivity contribution in [3.8, 4) is 0 Å². The molecule has 0 atom stereocenters. The molecule has 0 aliphatic rings. The highest BCUT2D eigenvalue weighted by molar-refractivity contribution is 6.39. The van der Waals surface area contributed by atoms with Gasteiger partial charge in [0, 0.05) is 17.8 Å². The van der Waals surface area contributed by atoms with Crippen molar-refractivity contribution in [2.75, 3.05) is 10.2 Å². The fourth-order valence-electron chi connectivity index (χ4n) is 2.64. The molecule has 3 aromatic rings. The molecule has 0 aliphatic heterocycles. The first-order valence-corrected chi connectivity index (χ1v) is 8.19. The SMILES string of the molecule is Cc1cnc2c(N(C=O)c3c(Cl)ccnc3Cl)cccc2c1NC(N)=O. The predicted molar refractivity (Wildman–Crippen MR) is 102 cm³/mol. The van der Waals surface area contributed by atoms with Crippen molar-refractivity contribution < 1.29 is 9.59 Å². The first kappa shape index (κ1) is 17.9. The average molecular weight is 390 g/mol. The molecule has 0 spiro atoms. The van der Waals surface area contributed by atoms with E-state index < -0.39 is 6.03 Å². The Labute approximate surface area is 158 Å². The predicted octanol–water partition coefficient (Wildman–Crippen LogP) is 4.03. The van der Waals surface area contributed by atoms with E-state index in [1.54, 1.807) is 31.3 Å². The van der Waals surface area contributed by atoms with Gasteiger partial charge in [0.25, 0.3) is 0 Å². The lowest BCUT2D eigenvalue weighted by molar-refractivity contribution is -0.106. The number of pyridine rings is 2. The molecule has 3 rings (SSSR count). The summed E-state index contributed by atoms with van der Waals surface area (Å²) in [5.41, 5.74) is 7.63. The van der Waals surface area contributed by atoms with Crippen molar-refractivity contribution in [3.05, 3.63) is 52.4 Å². The number of anilines is 3. The fourth-order valence-corrected chi connectivity index (χ4v) is 3.18. The molecule has 0 saturated carbocycles. The molecule has 2 aromatic heterocycles. The average Bonchev–Trinajstić information content (AvgIpc) is 2.60. The molecule has 0 saturated heterocycles. The van der Waals surface area contributed by atoms with Crippen LogP contribution < -0.4 is 16.0 Å². The van der Waals surface area contributed by atoms with Gasteiger partial charge in [0.05, 0.1) is 21.9 Å². The molecule has 0 radical (unpaired) electrons. The number of amides is 3. The number of nitrogens with two attached hydrogens (primary N) is 1. The summed E-state index contributed by atoms with van der Waals surface area (Å²) in [6.07, 6.45) is 3.59. The van der Waals surface area contributed by atoms with E-state index in [0.29, 0.717) is 28.7 Å². The largest absolute Gasteiger partial charge is 0.351 e. The van der Waals surface area contributed by atoms with Gasteiger partial charge in [0.15, 0.2) is 5.15 Å². The molecule has 3 N–H and O–H groups in total. The lowest BCUT2D eigenvalue weighted by Crippen LogP contribution is -2.20. The summed E-state index contributed by atoms with van der Waals surface area (Å²) in [5, 5.41) is 3.54. The first-order chi connectivity index (χ1) is 12.4. The minimum atomic E-state index is -0.698. The third-order valence-electron chi connectivity index (χ3n) is 3.75. The Kier molecular flexibility index (Phi) is 4.92. The van der Waals surface area contributed by atoms with Crippen LogP contribution in [-0.2, 0) is 4.79 Å². The van der Waals surface area contributed by atoms with Crippen molar-refractivity contribution >= 4 is 63.6 Å². The number of primary amides is 1. The third-order valence-corrected chi connectivity index (χ3v) is 4.33. The zero-order chi connectivity index (χ0) is 18.8. The van der Waals surface area contributed by atoms with Gasteiger partial charge in [-0.2, -0.15) is 0 Å². The van der Waals surface area contributed by atoms with Crippen molar-refractivity contribution in [3.63, 3.8) is 0 Å². The number of fused-ring (bicyclic) bond motifs is 1. The Bertz CT molecular complexity index is 1010. The van der Waals surface area contributed by atoms with Crippen LogP contribution in [0.5, 0.6) is 0 Å². The number of halogens is 2. The van der Waals surface area contributed by atoms with Crippen LogP contribution in [0.2, 0.25) is 10.2 Å². The van der Waals surface area contributed by atoms with E-state index >= 15 is 0 Å². The lowest BCUT2D eigenvalue weighted by atomic mass is 10.1. The van der Waals surface area contributed by atoms with Gasteiger partial charge in [-0.15, -0.1) is 0 Å². The summed E-state index contributed by atoms with van der Waals surface area (Å²) in [6.45, 7) is 1.79. The number of nitrogens with one attached hydrogen (secondary N) is 1. The Balaban J connectivity index is 2.28. The van der Waals surface area contributed by atoms with Crippen molar-refractivity contribution in [2.45, 2.75) is 6.92 Å². The molecule has 0 bridgehead atoms. The maximum atomic E-state index is 11.8. The monoisotopic (exact) mass is 389 g/mol. The molecule has 0 aliphatic carbocycles. The van der Waals surface area contributed by atoms with Crippen LogP contribution in [0.3, 0.4) is 0 Å². The number of carbonyl (C=O) groups excluding carboxylic acids is 2. The van der Waals surface area contributed by atoms with E-state index in [1.807, 2.05) is 0 Å². The van der Waals surface area contributed by atoms with E-state index in [-0.39, 0.29) is 15.9 Å². The summed E-state index contributed by atoms with van der Waals surface area (Å²) in [7, 11) is 0. The fraction of sp³-hybridized carbons (Fsp3) is 0.0588. The summed E-state index contributed by atoms with van der Waals surface area (Å²) in [5.74, 6) is 0. The Hall–Kier alpha value is -2.90. The molecule has 132 valence electrons. The van der Waals surface area contributed by atoms with Gasteiger partial charge < -0.3 is 11.1 Å². The van der Waals surface area contributed by atoms with E-state index in [4.69, 9.17) is 28.9 Å². The normalized spacial score (nSPS) is 10.6. The van der Waals surface area contributed by atoms with Gasteiger partial charge >= 0.3 is 6.03 Å². The number of aromatic nitrogens is 2. The van der Waals surface area contributed by atoms with Crippen molar-refractivity contribution in [1.29, 1.82) is 0 Å². The Morgan fingerprint density at radius 1 is 1.27 bits per heavy atom. The number of aryl methyl sites for hydroxylation is 1. The smallest absolute Gasteiger partial charge is 0.316 e. The highest BCUT2D eigenvalue weighted by Gasteiger charge is 2.20. The summed E-state index contributed by atoms with van der Waals surface area (Å²) >= 11 is 12.3. The quantitative estimate of drug-likeness (QED) is 0.519. The number of nitrogens with zero attached hydrogens (tertiary/aromatic N) is 3. The van der Waals surface area contributed by atoms with Gasteiger partial charge in [0.1, 0.15) is 5.69 Å². The van der Waals surface area contributed by atoms with Gasteiger partial charge in [-0.3, -0.25) is 14.7 Å². The van der Waals surface area contributed by atoms with Gasteiger partial charge in [-0.25, -0.2) is 9.78 Å². The minimum absolute atomic E-state index is 0.0733. The zero-order valence-electron chi connectivity index (χ0n) is 13.5. The molecule has 3 amide bonds. The summed E-state index contributed by atoms with van der Waals surface area (Å²) in [6, 6.07) is 6.00. The minimum Gasteiger partial charge on any atom is -0.351 e. The second-order valence-electron chi connectivity index (χ2n) is 5.39. The van der Waals surface area contributed by atoms with Crippen LogP contribution in [0, 0.1) is 6.92 Å². The standard InChI is InChI=1S/C17H13Cl2N5O2/c1-9-7-22-14-10(13(9)23-17(20)26)3-2-4-12(14)24(8-25)15-11(18)5-6-21-16(15)19/h2-8H,1H3,(H3,20,22,23,26). The lowest BCUT2D eigenvalue weighted by Gasteiger charge is -2.21. The third kappa shape index (κ3) is 3.14. The molecule has 1 aromatic carbocycles. The van der Waals surface area contributed by atoms with Crippen molar-refractivity contribution in [1.82, 2.24) is 9.97 Å². The van der Waals surface area contributed by atoms with Gasteiger partial charge in [-0.1, -0.05) is 35.3 Å². The van der Waals surface area contributed by atoms with Crippen LogP contribution in [-0.4, -0.2) is 22.4 Å². The zero-order valence-corrected chi connectivity index (χ0v) is 15.0. The van der Waals surface area contributed by atoms with Crippen molar-refractivity contribution in [2.24, 2.45) is 5.73 Å². The Morgan fingerprint density at radius 2 is 2.04 bits per heavy atom. The second kappa shape index (κ2) is 7.15. The molecule has 26 heavy (non-hydrogen) atoms. The molecular formula is C17H13Cl2N5O2. The van der Waals surface area contributed by atoms with E-state index in [9.17, 15) is 9.59 Å². The summed E-state index contributed by atoms with van der Waals surface area (Å²) < 4.78 is 0.